The van der Waals surface area contributed by atoms with Gasteiger partial charge < -0.3 is 20.4 Å². The molecule has 1 fully saturated rings. The fourth-order valence-corrected chi connectivity index (χ4v) is 4.31. The molecule has 2 amide bonds. The average molecular weight is 471 g/mol. The molecule has 0 aliphatic heterocycles. The van der Waals surface area contributed by atoms with Crippen LogP contribution in [0.5, 0.6) is 0 Å². The zero-order chi connectivity index (χ0) is 24.2. The van der Waals surface area contributed by atoms with Gasteiger partial charge in [-0.15, -0.1) is 0 Å². The van der Waals surface area contributed by atoms with Crippen LogP contribution in [0.2, 0.25) is 0 Å². The van der Waals surface area contributed by atoms with Crippen molar-refractivity contribution in [3.8, 4) is 11.4 Å². The molecule has 0 radical (unpaired) electrons. The molecule has 9 nitrogen and oxygen atoms in total. The summed E-state index contributed by atoms with van der Waals surface area (Å²) >= 11 is 0. The fraction of sp³-hybridized carbons (Fsp3) is 0.269. The predicted molar refractivity (Wildman–Crippen MR) is 133 cm³/mol. The zero-order valence-corrected chi connectivity index (χ0v) is 19.3. The van der Waals surface area contributed by atoms with Crippen molar-refractivity contribution >= 4 is 34.4 Å². The van der Waals surface area contributed by atoms with Gasteiger partial charge in [0.1, 0.15) is 17.3 Å². The smallest absolute Gasteiger partial charge is 0.275 e. The van der Waals surface area contributed by atoms with Crippen LogP contribution >= 0.6 is 0 Å². The summed E-state index contributed by atoms with van der Waals surface area (Å²) in [5, 5.41) is 5.77. The molecule has 1 aliphatic rings. The molecule has 9 heteroatoms. The predicted octanol–water partition coefficient (Wildman–Crippen LogP) is 4.42. The van der Waals surface area contributed by atoms with Crippen LogP contribution in [0.3, 0.4) is 0 Å². The average Bonchev–Trinajstić information content (AvgIpc) is 3.33. The standard InChI is InChI=1S/C26H26N6O3/c1-35-19-11-7-17(8-12-19)25(33)29-18-9-5-16(6-10-18)24-30-21-14-23(28-15-22(21)31-24)32-26(34)20-4-2-3-13-27-20/h2-6,9-10,13-15,17,19H,7-8,11-12H2,1H3,(H,29,33)(H,30,31)(H,28,32,34). The molecule has 178 valence electrons. The monoisotopic (exact) mass is 470 g/mol. The first-order valence-corrected chi connectivity index (χ1v) is 11.6. The fourth-order valence-electron chi connectivity index (χ4n) is 4.31. The molecule has 0 spiro atoms. The second kappa shape index (κ2) is 10.0. The second-order valence-corrected chi connectivity index (χ2v) is 8.62. The van der Waals surface area contributed by atoms with E-state index in [0.717, 1.165) is 42.5 Å². The Morgan fingerprint density at radius 3 is 2.51 bits per heavy atom. The lowest BCUT2D eigenvalue weighted by molar-refractivity contribution is -0.121. The minimum Gasteiger partial charge on any atom is -0.381 e. The normalized spacial score (nSPS) is 17.7. The molecule has 1 aromatic carbocycles. The number of aromatic amines is 1. The number of rotatable bonds is 6. The molecule has 0 bridgehead atoms. The molecule has 3 aromatic heterocycles. The van der Waals surface area contributed by atoms with E-state index in [0.29, 0.717) is 22.9 Å². The van der Waals surface area contributed by atoms with Crippen molar-refractivity contribution in [2.45, 2.75) is 31.8 Å². The summed E-state index contributed by atoms with van der Waals surface area (Å²) in [5.41, 5.74) is 3.37. The molecule has 35 heavy (non-hydrogen) atoms. The number of pyridine rings is 2. The number of fused-ring (bicyclic) bond motifs is 1. The van der Waals surface area contributed by atoms with E-state index in [-0.39, 0.29) is 23.8 Å². The maximum absolute atomic E-state index is 12.6. The van der Waals surface area contributed by atoms with Crippen LogP contribution in [0, 0.1) is 5.92 Å². The van der Waals surface area contributed by atoms with Gasteiger partial charge in [-0.05, 0) is 62.1 Å². The maximum Gasteiger partial charge on any atom is 0.275 e. The number of anilines is 2. The molecule has 0 unspecified atom stereocenters. The summed E-state index contributed by atoms with van der Waals surface area (Å²) in [6, 6.07) is 14.4. The van der Waals surface area contributed by atoms with Crippen molar-refractivity contribution in [3.63, 3.8) is 0 Å². The van der Waals surface area contributed by atoms with Gasteiger partial charge in [-0.2, -0.15) is 0 Å². The first kappa shape index (κ1) is 22.7. The number of hydrogen-bond acceptors (Lipinski definition) is 6. The van der Waals surface area contributed by atoms with Gasteiger partial charge in [-0.3, -0.25) is 14.6 Å². The number of methoxy groups -OCH3 is 1. The van der Waals surface area contributed by atoms with Crippen molar-refractivity contribution in [2.75, 3.05) is 17.7 Å². The lowest BCUT2D eigenvalue weighted by Gasteiger charge is -2.26. The SMILES string of the molecule is COC1CCC(C(=O)Nc2ccc(-c3nc4cc(NC(=O)c5ccccn5)ncc4[nH]3)cc2)CC1. The van der Waals surface area contributed by atoms with Gasteiger partial charge >= 0.3 is 0 Å². The third kappa shape index (κ3) is 5.20. The molecular weight excluding hydrogens is 444 g/mol. The van der Waals surface area contributed by atoms with Crippen molar-refractivity contribution in [3.05, 3.63) is 66.6 Å². The van der Waals surface area contributed by atoms with Crippen molar-refractivity contribution in [2.24, 2.45) is 5.92 Å². The first-order valence-electron chi connectivity index (χ1n) is 11.6. The van der Waals surface area contributed by atoms with E-state index < -0.39 is 0 Å². The number of carbonyl (C=O) groups excluding carboxylic acids is 2. The van der Waals surface area contributed by atoms with Gasteiger partial charge in [0.2, 0.25) is 5.91 Å². The molecule has 0 atom stereocenters. The number of H-pyrrole nitrogens is 1. The highest BCUT2D eigenvalue weighted by Crippen LogP contribution is 2.28. The van der Waals surface area contributed by atoms with E-state index in [9.17, 15) is 9.59 Å². The summed E-state index contributed by atoms with van der Waals surface area (Å²) in [6.45, 7) is 0. The van der Waals surface area contributed by atoms with E-state index in [1.54, 1.807) is 43.8 Å². The number of hydrogen-bond donors (Lipinski definition) is 3. The number of nitrogens with one attached hydrogen (secondary N) is 3. The molecular formula is C26H26N6O3. The van der Waals surface area contributed by atoms with Gasteiger partial charge in [0, 0.05) is 36.5 Å². The van der Waals surface area contributed by atoms with Crippen molar-refractivity contribution in [1.82, 2.24) is 19.9 Å². The Labute approximate surface area is 202 Å². The summed E-state index contributed by atoms with van der Waals surface area (Å²) < 4.78 is 5.39. The summed E-state index contributed by atoms with van der Waals surface area (Å²) in [6.07, 6.45) is 7.00. The Morgan fingerprint density at radius 2 is 1.80 bits per heavy atom. The lowest BCUT2D eigenvalue weighted by atomic mass is 9.87. The number of imidazole rings is 1. The van der Waals surface area contributed by atoms with Crippen LogP contribution in [0.1, 0.15) is 36.2 Å². The molecule has 4 aromatic rings. The third-order valence-electron chi connectivity index (χ3n) is 6.31. The Balaban J connectivity index is 1.24. The van der Waals surface area contributed by atoms with Crippen LogP contribution in [-0.2, 0) is 9.53 Å². The van der Waals surface area contributed by atoms with Crippen LogP contribution in [0.4, 0.5) is 11.5 Å². The molecule has 0 saturated heterocycles. The lowest BCUT2D eigenvalue weighted by Crippen LogP contribution is -2.29. The molecule has 1 aliphatic carbocycles. The number of nitrogens with zero attached hydrogens (tertiary/aromatic N) is 3. The topological polar surface area (TPSA) is 122 Å². The summed E-state index contributed by atoms with van der Waals surface area (Å²) in [4.78, 5) is 41.2. The van der Waals surface area contributed by atoms with Gasteiger partial charge in [-0.25, -0.2) is 9.97 Å². The minimum atomic E-state index is -0.336. The van der Waals surface area contributed by atoms with Gasteiger partial charge in [0.15, 0.2) is 0 Å². The van der Waals surface area contributed by atoms with Gasteiger partial charge in [0.05, 0.1) is 23.3 Å². The summed E-state index contributed by atoms with van der Waals surface area (Å²) in [5.74, 6) is 0.811. The van der Waals surface area contributed by atoms with Crippen LogP contribution < -0.4 is 10.6 Å². The number of benzene rings is 1. The maximum atomic E-state index is 12.6. The number of ether oxygens (including phenoxy) is 1. The van der Waals surface area contributed by atoms with E-state index in [4.69, 9.17) is 4.74 Å². The highest BCUT2D eigenvalue weighted by molar-refractivity contribution is 6.02. The zero-order valence-electron chi connectivity index (χ0n) is 19.3. The van der Waals surface area contributed by atoms with Crippen molar-refractivity contribution < 1.29 is 14.3 Å². The molecule has 5 rings (SSSR count). The van der Waals surface area contributed by atoms with Crippen LogP contribution in [-0.4, -0.2) is 45.0 Å². The number of carbonyl (C=O) groups is 2. The Hall–Kier alpha value is -4.11. The Bertz CT molecular complexity index is 1330. The highest BCUT2D eigenvalue weighted by atomic mass is 16.5. The molecule has 1 saturated carbocycles. The van der Waals surface area contributed by atoms with Gasteiger partial charge in [0.25, 0.3) is 5.91 Å². The van der Waals surface area contributed by atoms with Crippen LogP contribution in [0.15, 0.2) is 60.9 Å². The minimum absolute atomic E-state index is 0.0244. The van der Waals surface area contributed by atoms with E-state index >= 15 is 0 Å². The van der Waals surface area contributed by atoms with Crippen LogP contribution in [0.25, 0.3) is 22.4 Å². The first-order chi connectivity index (χ1) is 17.1. The van der Waals surface area contributed by atoms with E-state index in [2.05, 4.69) is 30.6 Å². The second-order valence-electron chi connectivity index (χ2n) is 8.62. The van der Waals surface area contributed by atoms with Crippen molar-refractivity contribution in [1.29, 1.82) is 0 Å². The quantitative estimate of drug-likeness (QED) is 0.384. The van der Waals surface area contributed by atoms with E-state index in [1.165, 1.54) is 0 Å². The van der Waals surface area contributed by atoms with Gasteiger partial charge in [-0.1, -0.05) is 6.07 Å². The highest BCUT2D eigenvalue weighted by Gasteiger charge is 2.26. The number of amides is 2. The third-order valence-corrected chi connectivity index (χ3v) is 6.31. The molecule has 3 N–H and O–H groups in total. The van der Waals surface area contributed by atoms with E-state index in [1.807, 2.05) is 24.3 Å². The Kier molecular flexibility index (Phi) is 6.49. The number of aromatic nitrogens is 4. The summed E-state index contributed by atoms with van der Waals surface area (Å²) in [7, 11) is 1.73. The Morgan fingerprint density at radius 1 is 1.00 bits per heavy atom. The molecule has 3 heterocycles. The largest absolute Gasteiger partial charge is 0.381 e.